The maximum absolute atomic E-state index is 12.9. The molecule has 0 aliphatic rings. The van der Waals surface area contributed by atoms with Crippen LogP contribution in [0.2, 0.25) is 5.02 Å². The third-order valence-corrected chi connectivity index (χ3v) is 4.18. The summed E-state index contributed by atoms with van der Waals surface area (Å²) in [6.07, 6.45) is 1.50. The van der Waals surface area contributed by atoms with Gasteiger partial charge in [-0.3, -0.25) is 4.79 Å². The van der Waals surface area contributed by atoms with Crippen LogP contribution in [-0.4, -0.2) is 10.8 Å². The fraction of sp³-hybridized carbons (Fsp3) is 0. The number of carbonyl (C=O) groups is 1. The van der Waals surface area contributed by atoms with Crippen LogP contribution in [0.15, 0.2) is 54.7 Å². The highest BCUT2D eigenvalue weighted by molar-refractivity contribution is 7.17. The molecule has 0 aliphatic heterocycles. The monoisotopic (exact) mass is 332 g/mol. The lowest BCUT2D eigenvalue weighted by molar-refractivity contribution is 0.104. The zero-order valence-electron chi connectivity index (χ0n) is 11.2. The Balaban J connectivity index is 1.80. The van der Waals surface area contributed by atoms with Gasteiger partial charge in [-0.25, -0.2) is 9.37 Å². The second-order valence-corrected chi connectivity index (χ2v) is 5.91. The molecule has 6 heteroatoms. The van der Waals surface area contributed by atoms with Crippen LogP contribution in [-0.2, 0) is 0 Å². The quantitative estimate of drug-likeness (QED) is 0.690. The molecule has 0 radical (unpaired) electrons. The van der Waals surface area contributed by atoms with Gasteiger partial charge in [0.15, 0.2) is 5.13 Å². The molecule has 0 amide bonds. The predicted octanol–water partition coefficient (Wildman–Crippen LogP) is 4.91. The van der Waals surface area contributed by atoms with Gasteiger partial charge in [0.1, 0.15) is 5.82 Å². The number of benzene rings is 2. The third-order valence-electron chi connectivity index (χ3n) is 2.94. The molecule has 110 valence electrons. The minimum Gasteiger partial charge on any atom is -0.332 e. The molecular formula is C16H10ClFN2OS. The molecule has 3 rings (SSSR count). The highest BCUT2D eigenvalue weighted by Gasteiger charge is 2.15. The van der Waals surface area contributed by atoms with Crippen molar-refractivity contribution in [3.8, 4) is 0 Å². The van der Waals surface area contributed by atoms with Crippen LogP contribution in [0.1, 0.15) is 15.2 Å². The van der Waals surface area contributed by atoms with Gasteiger partial charge in [-0.15, -0.1) is 0 Å². The number of halogens is 2. The number of ketones is 1. The standard InChI is InChI=1S/C16H10ClFN2OS/c17-13-4-2-1-3-12(13)15(21)14-9-19-16(22-14)20-11-7-5-10(18)6-8-11/h1-9H,(H,19,20). The summed E-state index contributed by atoms with van der Waals surface area (Å²) in [4.78, 5) is 17.0. The van der Waals surface area contributed by atoms with Crippen molar-refractivity contribution in [2.24, 2.45) is 0 Å². The molecule has 0 saturated carbocycles. The summed E-state index contributed by atoms with van der Waals surface area (Å²) < 4.78 is 12.9. The van der Waals surface area contributed by atoms with E-state index in [0.717, 1.165) is 0 Å². The van der Waals surface area contributed by atoms with Crippen LogP contribution in [0.3, 0.4) is 0 Å². The Labute approximate surface area is 135 Å². The Kier molecular flexibility index (Phi) is 4.18. The molecule has 3 aromatic rings. The minimum atomic E-state index is -0.306. The molecule has 0 spiro atoms. The Morgan fingerprint density at radius 1 is 1.14 bits per heavy atom. The lowest BCUT2D eigenvalue weighted by atomic mass is 10.1. The highest BCUT2D eigenvalue weighted by atomic mass is 35.5. The molecule has 0 bridgehead atoms. The highest BCUT2D eigenvalue weighted by Crippen LogP contribution is 2.26. The summed E-state index contributed by atoms with van der Waals surface area (Å²) in [6, 6.07) is 12.8. The van der Waals surface area contributed by atoms with E-state index < -0.39 is 0 Å². The molecule has 1 aromatic heterocycles. The molecule has 0 atom stereocenters. The van der Waals surface area contributed by atoms with Crippen molar-refractivity contribution in [1.29, 1.82) is 0 Å². The Morgan fingerprint density at radius 3 is 2.59 bits per heavy atom. The molecular weight excluding hydrogens is 323 g/mol. The Morgan fingerprint density at radius 2 is 1.86 bits per heavy atom. The molecule has 1 N–H and O–H groups in total. The Hall–Kier alpha value is -2.24. The molecule has 0 fully saturated rings. The van der Waals surface area contributed by atoms with Gasteiger partial charge in [0.05, 0.1) is 16.1 Å². The number of hydrogen-bond acceptors (Lipinski definition) is 4. The summed E-state index contributed by atoms with van der Waals surface area (Å²) in [5.41, 5.74) is 1.15. The topological polar surface area (TPSA) is 42.0 Å². The summed E-state index contributed by atoms with van der Waals surface area (Å²) in [5, 5.41) is 4.00. The van der Waals surface area contributed by atoms with Crippen molar-refractivity contribution in [3.63, 3.8) is 0 Å². The average Bonchev–Trinajstić information content (AvgIpc) is 2.98. The minimum absolute atomic E-state index is 0.171. The normalized spacial score (nSPS) is 10.5. The van der Waals surface area contributed by atoms with Gasteiger partial charge in [0.25, 0.3) is 0 Å². The largest absolute Gasteiger partial charge is 0.332 e. The van der Waals surface area contributed by atoms with E-state index in [0.29, 0.717) is 26.3 Å². The van der Waals surface area contributed by atoms with E-state index in [1.807, 2.05) is 0 Å². The summed E-state index contributed by atoms with van der Waals surface area (Å²) in [5.74, 6) is -0.477. The van der Waals surface area contributed by atoms with Gasteiger partial charge in [-0.05, 0) is 36.4 Å². The van der Waals surface area contributed by atoms with Crippen molar-refractivity contribution in [2.45, 2.75) is 0 Å². The Bertz CT molecular complexity index is 817. The first-order valence-electron chi connectivity index (χ1n) is 6.41. The zero-order valence-corrected chi connectivity index (χ0v) is 12.8. The number of carbonyl (C=O) groups excluding carboxylic acids is 1. The van der Waals surface area contributed by atoms with Gasteiger partial charge in [0, 0.05) is 11.3 Å². The second-order valence-electron chi connectivity index (χ2n) is 4.47. The van der Waals surface area contributed by atoms with E-state index in [4.69, 9.17) is 11.6 Å². The van der Waals surface area contributed by atoms with E-state index in [9.17, 15) is 9.18 Å². The SMILES string of the molecule is O=C(c1cnc(Nc2ccc(F)cc2)s1)c1ccccc1Cl. The van der Waals surface area contributed by atoms with Crippen molar-refractivity contribution < 1.29 is 9.18 Å². The van der Waals surface area contributed by atoms with Crippen LogP contribution >= 0.6 is 22.9 Å². The lowest BCUT2D eigenvalue weighted by Gasteiger charge is -2.01. The van der Waals surface area contributed by atoms with Crippen LogP contribution in [0.4, 0.5) is 15.2 Å². The number of anilines is 2. The third kappa shape index (κ3) is 3.16. The first kappa shape index (κ1) is 14.7. The fourth-order valence-electron chi connectivity index (χ4n) is 1.87. The predicted molar refractivity (Wildman–Crippen MR) is 86.7 cm³/mol. The molecule has 0 unspecified atom stereocenters. The molecule has 0 aliphatic carbocycles. The zero-order chi connectivity index (χ0) is 15.5. The van der Waals surface area contributed by atoms with Crippen LogP contribution in [0.25, 0.3) is 0 Å². The lowest BCUT2D eigenvalue weighted by Crippen LogP contribution is -1.98. The van der Waals surface area contributed by atoms with E-state index >= 15 is 0 Å². The van der Waals surface area contributed by atoms with Gasteiger partial charge >= 0.3 is 0 Å². The van der Waals surface area contributed by atoms with E-state index in [1.54, 1.807) is 36.4 Å². The number of nitrogens with zero attached hydrogens (tertiary/aromatic N) is 1. The number of aromatic nitrogens is 1. The molecule has 1 heterocycles. The number of rotatable bonds is 4. The van der Waals surface area contributed by atoms with Crippen LogP contribution < -0.4 is 5.32 Å². The van der Waals surface area contributed by atoms with Crippen molar-refractivity contribution in [3.05, 3.63) is 76.0 Å². The van der Waals surface area contributed by atoms with Gasteiger partial charge < -0.3 is 5.32 Å². The number of thiazole rings is 1. The second kappa shape index (κ2) is 6.25. The molecule has 0 saturated heterocycles. The molecule has 22 heavy (non-hydrogen) atoms. The van der Waals surface area contributed by atoms with Gasteiger partial charge in [0.2, 0.25) is 5.78 Å². The van der Waals surface area contributed by atoms with Gasteiger partial charge in [-0.2, -0.15) is 0 Å². The van der Waals surface area contributed by atoms with Crippen molar-refractivity contribution in [2.75, 3.05) is 5.32 Å². The summed E-state index contributed by atoms with van der Waals surface area (Å²) in [7, 11) is 0. The molecule has 2 aromatic carbocycles. The van der Waals surface area contributed by atoms with E-state index in [-0.39, 0.29) is 11.6 Å². The van der Waals surface area contributed by atoms with Gasteiger partial charge in [-0.1, -0.05) is 35.1 Å². The fourth-order valence-corrected chi connectivity index (χ4v) is 2.88. The first-order valence-corrected chi connectivity index (χ1v) is 7.60. The summed E-state index contributed by atoms with van der Waals surface area (Å²) >= 11 is 7.25. The van der Waals surface area contributed by atoms with Crippen molar-refractivity contribution >= 4 is 39.5 Å². The maximum Gasteiger partial charge on any atom is 0.206 e. The number of nitrogens with one attached hydrogen (secondary N) is 1. The van der Waals surface area contributed by atoms with Crippen molar-refractivity contribution in [1.82, 2.24) is 4.98 Å². The number of hydrogen-bond donors (Lipinski definition) is 1. The van der Waals surface area contributed by atoms with Crippen LogP contribution in [0.5, 0.6) is 0 Å². The molecule has 3 nitrogen and oxygen atoms in total. The van der Waals surface area contributed by atoms with E-state index in [1.165, 1.54) is 29.7 Å². The summed E-state index contributed by atoms with van der Waals surface area (Å²) in [6.45, 7) is 0. The maximum atomic E-state index is 12.9. The average molecular weight is 333 g/mol. The smallest absolute Gasteiger partial charge is 0.206 e. The van der Waals surface area contributed by atoms with E-state index in [2.05, 4.69) is 10.3 Å². The van der Waals surface area contributed by atoms with Crippen LogP contribution in [0, 0.1) is 5.82 Å². The first-order chi connectivity index (χ1) is 10.6.